The summed E-state index contributed by atoms with van der Waals surface area (Å²) in [4.78, 5) is 13.2. The molecule has 0 aromatic heterocycles. The lowest BCUT2D eigenvalue weighted by Gasteiger charge is -2.31. The quantitative estimate of drug-likeness (QED) is 0.720. The van der Waals surface area contributed by atoms with E-state index in [0.29, 0.717) is 13.2 Å². The Balaban J connectivity index is 2.31. The van der Waals surface area contributed by atoms with Crippen LogP contribution in [0.4, 0.5) is 4.79 Å². The number of hydrogen-bond acceptors (Lipinski definition) is 3. The molecule has 1 atom stereocenters. The lowest BCUT2D eigenvalue weighted by Crippen LogP contribution is -2.43. The van der Waals surface area contributed by atoms with Crippen molar-refractivity contribution >= 4 is 6.09 Å². The van der Waals surface area contributed by atoms with Gasteiger partial charge in [-0.1, -0.05) is 6.92 Å². The predicted molar refractivity (Wildman–Crippen MR) is 57.9 cm³/mol. The van der Waals surface area contributed by atoms with Gasteiger partial charge in [-0.25, -0.2) is 4.79 Å². The van der Waals surface area contributed by atoms with Crippen LogP contribution in [-0.2, 0) is 9.47 Å². The second kappa shape index (κ2) is 6.67. The number of nitrogens with zero attached hydrogens (tertiary/aromatic N) is 1. The Bertz CT molecular complexity index is 196. The van der Waals surface area contributed by atoms with Crippen LogP contribution in [0.3, 0.4) is 0 Å². The third-order valence-electron chi connectivity index (χ3n) is 2.46. The minimum Gasteiger partial charge on any atom is -0.450 e. The Kier molecular flexibility index (Phi) is 5.47. The Morgan fingerprint density at radius 3 is 2.93 bits per heavy atom. The molecule has 0 aliphatic carbocycles. The third-order valence-corrected chi connectivity index (χ3v) is 2.46. The standard InChI is InChI=1S/C11H21NO3/c1-3-8-15-10-6-5-7-12(9-10)11(13)14-4-2/h10H,3-9H2,1-2H3. The molecule has 0 aromatic rings. The zero-order valence-electron chi connectivity index (χ0n) is 9.70. The van der Waals surface area contributed by atoms with Crippen LogP contribution < -0.4 is 0 Å². The Morgan fingerprint density at radius 2 is 2.27 bits per heavy atom. The van der Waals surface area contributed by atoms with E-state index in [9.17, 15) is 4.79 Å². The zero-order valence-corrected chi connectivity index (χ0v) is 9.70. The number of carbonyl (C=O) groups is 1. The molecule has 4 nitrogen and oxygen atoms in total. The van der Waals surface area contributed by atoms with E-state index in [1.54, 1.807) is 4.90 Å². The summed E-state index contributed by atoms with van der Waals surface area (Å²) in [6.07, 6.45) is 3.07. The average molecular weight is 215 g/mol. The maximum Gasteiger partial charge on any atom is 0.409 e. The second-order valence-corrected chi connectivity index (χ2v) is 3.78. The Morgan fingerprint density at radius 1 is 1.47 bits per heavy atom. The molecule has 0 N–H and O–H groups in total. The molecule has 1 aliphatic heterocycles. The van der Waals surface area contributed by atoms with Crippen molar-refractivity contribution in [2.24, 2.45) is 0 Å². The smallest absolute Gasteiger partial charge is 0.409 e. The summed E-state index contributed by atoms with van der Waals surface area (Å²) in [5, 5.41) is 0. The van der Waals surface area contributed by atoms with Gasteiger partial charge in [0.2, 0.25) is 0 Å². The first-order chi connectivity index (χ1) is 7.27. The fourth-order valence-corrected chi connectivity index (χ4v) is 1.74. The van der Waals surface area contributed by atoms with Gasteiger partial charge in [0.05, 0.1) is 19.3 Å². The summed E-state index contributed by atoms with van der Waals surface area (Å²) in [7, 11) is 0. The molecule has 0 bridgehead atoms. The van der Waals surface area contributed by atoms with Gasteiger partial charge in [-0.05, 0) is 26.2 Å². The predicted octanol–water partition coefficient (Wildman–Crippen LogP) is 2.03. The van der Waals surface area contributed by atoms with Crippen molar-refractivity contribution < 1.29 is 14.3 Å². The molecule has 0 spiro atoms. The van der Waals surface area contributed by atoms with Gasteiger partial charge in [0.25, 0.3) is 0 Å². The molecule has 1 unspecified atom stereocenters. The van der Waals surface area contributed by atoms with E-state index in [1.165, 1.54) is 0 Å². The number of likely N-dealkylation sites (tertiary alicyclic amines) is 1. The summed E-state index contributed by atoms with van der Waals surface area (Å²) < 4.78 is 10.6. The van der Waals surface area contributed by atoms with E-state index in [1.807, 2.05) is 6.92 Å². The number of carbonyl (C=O) groups excluding carboxylic acids is 1. The van der Waals surface area contributed by atoms with E-state index in [2.05, 4.69) is 6.92 Å². The van der Waals surface area contributed by atoms with Gasteiger partial charge in [0.15, 0.2) is 0 Å². The van der Waals surface area contributed by atoms with E-state index in [-0.39, 0.29) is 12.2 Å². The van der Waals surface area contributed by atoms with Crippen LogP contribution >= 0.6 is 0 Å². The highest BCUT2D eigenvalue weighted by molar-refractivity contribution is 5.67. The molecule has 1 saturated heterocycles. The van der Waals surface area contributed by atoms with Gasteiger partial charge in [-0.3, -0.25) is 0 Å². The van der Waals surface area contributed by atoms with Crippen molar-refractivity contribution in [1.29, 1.82) is 0 Å². The molecule has 1 rings (SSSR count). The van der Waals surface area contributed by atoms with Gasteiger partial charge in [0.1, 0.15) is 0 Å². The monoisotopic (exact) mass is 215 g/mol. The number of piperidine rings is 1. The number of amides is 1. The maximum atomic E-state index is 11.5. The molecule has 1 heterocycles. The van der Waals surface area contributed by atoms with Crippen LogP contribution in [0.2, 0.25) is 0 Å². The molecule has 4 heteroatoms. The first kappa shape index (κ1) is 12.3. The lowest BCUT2D eigenvalue weighted by atomic mass is 10.1. The fraction of sp³-hybridized carbons (Fsp3) is 0.909. The topological polar surface area (TPSA) is 38.8 Å². The molecular weight excluding hydrogens is 194 g/mol. The average Bonchev–Trinajstić information content (AvgIpc) is 2.27. The normalized spacial score (nSPS) is 21.5. The molecule has 1 amide bonds. The maximum absolute atomic E-state index is 11.5. The fourth-order valence-electron chi connectivity index (χ4n) is 1.74. The summed E-state index contributed by atoms with van der Waals surface area (Å²) in [6, 6.07) is 0. The van der Waals surface area contributed by atoms with Crippen LogP contribution in [0, 0.1) is 0 Å². The molecule has 88 valence electrons. The summed E-state index contributed by atoms with van der Waals surface area (Å²) in [6.45, 7) is 6.61. The molecule has 0 radical (unpaired) electrons. The van der Waals surface area contributed by atoms with Crippen molar-refractivity contribution in [3.63, 3.8) is 0 Å². The first-order valence-electron chi connectivity index (χ1n) is 5.81. The van der Waals surface area contributed by atoms with Crippen LogP contribution in [0.5, 0.6) is 0 Å². The van der Waals surface area contributed by atoms with E-state index in [0.717, 1.165) is 32.4 Å². The highest BCUT2D eigenvalue weighted by Crippen LogP contribution is 2.14. The summed E-state index contributed by atoms with van der Waals surface area (Å²) >= 11 is 0. The van der Waals surface area contributed by atoms with Crippen molar-refractivity contribution in [2.45, 2.75) is 39.2 Å². The SMILES string of the molecule is CCCOC1CCCN(C(=O)OCC)C1. The molecule has 15 heavy (non-hydrogen) atoms. The molecule has 0 aromatic carbocycles. The molecule has 0 saturated carbocycles. The first-order valence-corrected chi connectivity index (χ1v) is 5.81. The summed E-state index contributed by atoms with van der Waals surface area (Å²) in [5.41, 5.74) is 0. The Labute approximate surface area is 91.5 Å². The highest BCUT2D eigenvalue weighted by Gasteiger charge is 2.24. The van der Waals surface area contributed by atoms with Crippen molar-refractivity contribution in [2.75, 3.05) is 26.3 Å². The van der Waals surface area contributed by atoms with Crippen molar-refractivity contribution in [3.05, 3.63) is 0 Å². The van der Waals surface area contributed by atoms with Crippen LogP contribution in [0.25, 0.3) is 0 Å². The van der Waals surface area contributed by atoms with Gasteiger partial charge in [-0.2, -0.15) is 0 Å². The minimum absolute atomic E-state index is 0.197. The van der Waals surface area contributed by atoms with Crippen molar-refractivity contribution in [3.8, 4) is 0 Å². The molecule has 1 aliphatic rings. The second-order valence-electron chi connectivity index (χ2n) is 3.78. The molecular formula is C11H21NO3. The van der Waals surface area contributed by atoms with E-state index < -0.39 is 0 Å². The van der Waals surface area contributed by atoms with Gasteiger partial charge in [-0.15, -0.1) is 0 Å². The number of rotatable bonds is 4. The summed E-state index contributed by atoms with van der Waals surface area (Å²) in [5.74, 6) is 0. The van der Waals surface area contributed by atoms with Gasteiger partial charge < -0.3 is 14.4 Å². The lowest BCUT2D eigenvalue weighted by molar-refractivity contribution is -0.00122. The Hall–Kier alpha value is -0.770. The van der Waals surface area contributed by atoms with Gasteiger partial charge in [0, 0.05) is 13.2 Å². The van der Waals surface area contributed by atoms with Crippen LogP contribution in [0.1, 0.15) is 33.1 Å². The van der Waals surface area contributed by atoms with E-state index in [4.69, 9.17) is 9.47 Å². The number of ether oxygens (including phenoxy) is 2. The largest absolute Gasteiger partial charge is 0.450 e. The van der Waals surface area contributed by atoms with Crippen LogP contribution in [-0.4, -0.2) is 43.4 Å². The third kappa shape index (κ3) is 4.08. The zero-order chi connectivity index (χ0) is 11.1. The highest BCUT2D eigenvalue weighted by atomic mass is 16.6. The minimum atomic E-state index is -0.206. The molecule has 1 fully saturated rings. The van der Waals surface area contributed by atoms with E-state index >= 15 is 0 Å². The van der Waals surface area contributed by atoms with Crippen LogP contribution in [0.15, 0.2) is 0 Å². The number of hydrogen-bond donors (Lipinski definition) is 0. The van der Waals surface area contributed by atoms with Gasteiger partial charge >= 0.3 is 6.09 Å². The van der Waals surface area contributed by atoms with Crippen molar-refractivity contribution in [1.82, 2.24) is 4.90 Å².